The Balaban J connectivity index is 2.22. The van der Waals surface area contributed by atoms with Crippen LogP contribution >= 0.6 is 0 Å². The van der Waals surface area contributed by atoms with Gasteiger partial charge in [-0.15, -0.1) is 0 Å². The van der Waals surface area contributed by atoms with Crippen LogP contribution in [0.4, 0.5) is 0 Å². The predicted molar refractivity (Wildman–Crippen MR) is 68.9 cm³/mol. The second kappa shape index (κ2) is 4.99. The summed E-state index contributed by atoms with van der Waals surface area (Å²) in [5.74, 6) is 0. The van der Waals surface area contributed by atoms with E-state index < -0.39 is 10.0 Å². The Labute approximate surface area is 108 Å². The van der Waals surface area contributed by atoms with Gasteiger partial charge in [-0.3, -0.25) is 5.10 Å². The molecule has 2 atom stereocenters. The van der Waals surface area contributed by atoms with Gasteiger partial charge < -0.3 is 5.32 Å². The molecule has 3 N–H and O–H groups in total. The summed E-state index contributed by atoms with van der Waals surface area (Å²) in [4.78, 5) is 0.278. The van der Waals surface area contributed by atoms with E-state index in [0.717, 1.165) is 19.4 Å². The fourth-order valence-corrected chi connectivity index (χ4v) is 4.12. The van der Waals surface area contributed by atoms with E-state index >= 15 is 0 Å². The van der Waals surface area contributed by atoms with Gasteiger partial charge in [-0.1, -0.05) is 0 Å². The minimum atomic E-state index is -3.49. The highest BCUT2D eigenvalue weighted by Crippen LogP contribution is 2.19. The summed E-state index contributed by atoms with van der Waals surface area (Å²) in [6.45, 7) is 6.36. The number of hydrogen-bond donors (Lipinski definition) is 3. The monoisotopic (exact) mass is 272 g/mol. The van der Waals surface area contributed by atoms with E-state index in [4.69, 9.17) is 0 Å². The summed E-state index contributed by atoms with van der Waals surface area (Å²) >= 11 is 0. The summed E-state index contributed by atoms with van der Waals surface area (Å²) in [7, 11) is -3.49. The third-order valence-corrected chi connectivity index (χ3v) is 5.15. The molecular weight excluding hydrogens is 252 g/mol. The number of aryl methyl sites for hydroxylation is 2. The van der Waals surface area contributed by atoms with Crippen molar-refractivity contribution in [2.75, 3.05) is 6.54 Å². The van der Waals surface area contributed by atoms with Crippen molar-refractivity contribution in [1.29, 1.82) is 0 Å². The Morgan fingerprint density at radius 2 is 2.11 bits per heavy atom. The van der Waals surface area contributed by atoms with Crippen molar-refractivity contribution in [2.45, 2.75) is 50.6 Å². The van der Waals surface area contributed by atoms with Crippen LogP contribution in [0, 0.1) is 13.8 Å². The van der Waals surface area contributed by atoms with Crippen molar-refractivity contribution in [3.63, 3.8) is 0 Å². The first-order valence-corrected chi connectivity index (χ1v) is 7.67. The number of piperidine rings is 1. The number of hydrogen-bond acceptors (Lipinski definition) is 4. The van der Waals surface area contributed by atoms with E-state index in [1.54, 1.807) is 13.8 Å². The minimum Gasteiger partial charge on any atom is -0.313 e. The van der Waals surface area contributed by atoms with Crippen molar-refractivity contribution in [3.8, 4) is 0 Å². The molecule has 0 saturated carbocycles. The maximum absolute atomic E-state index is 12.3. The Kier molecular flexibility index (Phi) is 3.74. The van der Waals surface area contributed by atoms with Crippen molar-refractivity contribution < 1.29 is 8.42 Å². The maximum atomic E-state index is 12.3. The highest BCUT2D eigenvalue weighted by atomic mass is 32.2. The first-order chi connectivity index (χ1) is 8.42. The molecule has 1 saturated heterocycles. The molecule has 1 aromatic heterocycles. The largest absolute Gasteiger partial charge is 0.313 e. The van der Waals surface area contributed by atoms with Gasteiger partial charge in [-0.25, -0.2) is 13.1 Å². The van der Waals surface area contributed by atoms with Gasteiger partial charge in [0.2, 0.25) is 10.0 Å². The SMILES string of the molecule is Cc1n[nH]c(C)c1S(=O)(=O)N[C@@H]1CCCN[C@H]1C. The average molecular weight is 272 g/mol. The van der Waals surface area contributed by atoms with Crippen LogP contribution in [0.25, 0.3) is 0 Å². The first-order valence-electron chi connectivity index (χ1n) is 6.19. The summed E-state index contributed by atoms with van der Waals surface area (Å²) in [5.41, 5.74) is 1.09. The van der Waals surface area contributed by atoms with Gasteiger partial charge in [0.1, 0.15) is 4.90 Å². The van der Waals surface area contributed by atoms with Crippen LogP contribution in [0.2, 0.25) is 0 Å². The highest BCUT2D eigenvalue weighted by molar-refractivity contribution is 7.89. The second-order valence-electron chi connectivity index (χ2n) is 4.88. The average Bonchev–Trinajstić information content (AvgIpc) is 2.62. The molecule has 7 heteroatoms. The van der Waals surface area contributed by atoms with Crippen LogP contribution in [-0.2, 0) is 10.0 Å². The summed E-state index contributed by atoms with van der Waals surface area (Å²) in [6.07, 6.45) is 1.85. The zero-order valence-electron chi connectivity index (χ0n) is 10.9. The molecule has 1 aliphatic heterocycles. The molecule has 1 aromatic rings. The number of nitrogens with one attached hydrogen (secondary N) is 3. The van der Waals surface area contributed by atoms with Gasteiger partial charge >= 0.3 is 0 Å². The normalized spacial score (nSPS) is 25.3. The molecule has 0 aliphatic carbocycles. The van der Waals surface area contributed by atoms with E-state index in [0.29, 0.717) is 11.4 Å². The molecular formula is C11H20N4O2S. The highest BCUT2D eigenvalue weighted by Gasteiger charge is 2.29. The van der Waals surface area contributed by atoms with Gasteiger partial charge in [0.15, 0.2) is 0 Å². The lowest BCUT2D eigenvalue weighted by Crippen LogP contribution is -2.51. The number of sulfonamides is 1. The Bertz CT molecular complexity index is 504. The van der Waals surface area contributed by atoms with Crippen molar-refractivity contribution in [2.24, 2.45) is 0 Å². The molecule has 0 aromatic carbocycles. The lowest BCUT2D eigenvalue weighted by molar-refractivity contribution is 0.348. The molecule has 1 aliphatic rings. The summed E-state index contributed by atoms with van der Waals surface area (Å²) in [6, 6.07) is 0.0958. The lowest BCUT2D eigenvalue weighted by atomic mass is 10.0. The zero-order chi connectivity index (χ0) is 13.3. The van der Waals surface area contributed by atoms with Crippen molar-refractivity contribution in [1.82, 2.24) is 20.2 Å². The fourth-order valence-electron chi connectivity index (χ4n) is 2.40. The van der Waals surface area contributed by atoms with Crippen LogP contribution in [0.1, 0.15) is 31.2 Å². The number of aromatic amines is 1. The van der Waals surface area contributed by atoms with E-state index in [9.17, 15) is 8.42 Å². The minimum absolute atomic E-state index is 0.0579. The molecule has 0 bridgehead atoms. The topological polar surface area (TPSA) is 86.9 Å². The third-order valence-electron chi connectivity index (χ3n) is 3.40. The number of rotatable bonds is 3. The van der Waals surface area contributed by atoms with Crippen LogP contribution in [-0.4, -0.2) is 37.2 Å². The molecule has 2 heterocycles. The quantitative estimate of drug-likeness (QED) is 0.745. The molecule has 102 valence electrons. The summed E-state index contributed by atoms with van der Waals surface area (Å²) < 4.78 is 27.5. The van der Waals surface area contributed by atoms with Gasteiger partial charge in [0.25, 0.3) is 0 Å². The maximum Gasteiger partial charge on any atom is 0.244 e. The van der Waals surface area contributed by atoms with Crippen LogP contribution in [0.15, 0.2) is 4.90 Å². The molecule has 0 radical (unpaired) electrons. The van der Waals surface area contributed by atoms with E-state index in [2.05, 4.69) is 20.2 Å². The van der Waals surface area contributed by atoms with Crippen molar-refractivity contribution >= 4 is 10.0 Å². The standard InChI is InChI=1S/C11H20N4O2S/c1-7-10(5-4-6-12-7)15-18(16,17)11-8(2)13-14-9(11)3/h7,10,12,15H,4-6H2,1-3H3,(H,13,14)/t7-,10+/m0/s1. The molecule has 1 fully saturated rings. The smallest absolute Gasteiger partial charge is 0.244 e. The third kappa shape index (κ3) is 2.57. The van der Waals surface area contributed by atoms with Crippen LogP contribution in [0.5, 0.6) is 0 Å². The molecule has 18 heavy (non-hydrogen) atoms. The zero-order valence-corrected chi connectivity index (χ0v) is 11.8. The number of H-pyrrole nitrogens is 1. The Morgan fingerprint density at radius 3 is 2.67 bits per heavy atom. The van der Waals surface area contributed by atoms with E-state index in [1.807, 2.05) is 6.92 Å². The number of nitrogens with zero attached hydrogens (tertiary/aromatic N) is 1. The summed E-state index contributed by atoms with van der Waals surface area (Å²) in [5, 5.41) is 9.92. The van der Waals surface area contributed by atoms with Crippen LogP contribution < -0.4 is 10.0 Å². The van der Waals surface area contributed by atoms with E-state index in [-0.39, 0.29) is 17.0 Å². The second-order valence-corrected chi connectivity index (χ2v) is 6.53. The lowest BCUT2D eigenvalue weighted by Gasteiger charge is -2.30. The number of aromatic nitrogens is 2. The Morgan fingerprint density at radius 1 is 1.39 bits per heavy atom. The Hall–Kier alpha value is -0.920. The van der Waals surface area contributed by atoms with Crippen LogP contribution in [0.3, 0.4) is 0 Å². The van der Waals surface area contributed by atoms with E-state index in [1.165, 1.54) is 0 Å². The first kappa shape index (κ1) is 13.5. The molecule has 0 spiro atoms. The molecule has 0 unspecified atom stereocenters. The van der Waals surface area contributed by atoms with Gasteiger partial charge in [0, 0.05) is 12.1 Å². The molecule has 0 amide bonds. The fraction of sp³-hybridized carbons (Fsp3) is 0.727. The van der Waals surface area contributed by atoms with Gasteiger partial charge in [-0.05, 0) is 40.2 Å². The molecule has 2 rings (SSSR count). The van der Waals surface area contributed by atoms with Crippen molar-refractivity contribution in [3.05, 3.63) is 11.4 Å². The predicted octanol–water partition coefficient (Wildman–Crippen LogP) is 0.445. The molecule has 6 nitrogen and oxygen atoms in total. The van der Waals surface area contributed by atoms with Gasteiger partial charge in [-0.2, -0.15) is 5.10 Å². The van der Waals surface area contributed by atoms with Gasteiger partial charge in [0.05, 0.1) is 11.4 Å².